The Bertz CT molecular complexity index is 451. The summed E-state index contributed by atoms with van der Waals surface area (Å²) < 4.78 is 40.5. The Hall–Kier alpha value is -1.23. The minimum atomic E-state index is -4.64. The Labute approximate surface area is 123 Å². The van der Waals surface area contributed by atoms with Gasteiger partial charge < -0.3 is 10.1 Å². The van der Waals surface area contributed by atoms with Crippen LogP contribution >= 0.6 is 0 Å². The highest BCUT2D eigenvalue weighted by Crippen LogP contribution is 2.29. The van der Waals surface area contributed by atoms with Gasteiger partial charge in [-0.15, -0.1) is 13.2 Å². The number of hydrogen-bond donors (Lipinski definition) is 1. The SMILES string of the molecule is CC1CC(C)CC(NCc2cccc(OC(F)(F)F)c2)C1. The summed E-state index contributed by atoms with van der Waals surface area (Å²) >= 11 is 0. The van der Waals surface area contributed by atoms with Gasteiger partial charge in [-0.05, 0) is 48.8 Å². The quantitative estimate of drug-likeness (QED) is 0.884. The van der Waals surface area contributed by atoms with Gasteiger partial charge in [-0.2, -0.15) is 0 Å². The first-order valence-corrected chi connectivity index (χ1v) is 7.40. The van der Waals surface area contributed by atoms with Gasteiger partial charge in [-0.3, -0.25) is 0 Å². The topological polar surface area (TPSA) is 21.3 Å². The molecule has 1 aliphatic rings. The molecule has 1 aromatic carbocycles. The third-order valence-electron chi connectivity index (χ3n) is 3.91. The average molecular weight is 301 g/mol. The van der Waals surface area contributed by atoms with E-state index >= 15 is 0 Å². The van der Waals surface area contributed by atoms with Crippen molar-refractivity contribution >= 4 is 0 Å². The molecule has 0 spiro atoms. The van der Waals surface area contributed by atoms with Crippen LogP contribution < -0.4 is 10.1 Å². The first-order chi connectivity index (χ1) is 9.82. The molecule has 21 heavy (non-hydrogen) atoms. The maximum absolute atomic E-state index is 12.2. The maximum Gasteiger partial charge on any atom is 0.573 e. The van der Waals surface area contributed by atoms with E-state index in [1.54, 1.807) is 6.07 Å². The fraction of sp³-hybridized carbons (Fsp3) is 0.625. The van der Waals surface area contributed by atoms with Crippen LogP contribution in [0, 0.1) is 11.8 Å². The van der Waals surface area contributed by atoms with Gasteiger partial charge in [0.1, 0.15) is 5.75 Å². The molecule has 1 fully saturated rings. The number of nitrogens with one attached hydrogen (secondary N) is 1. The second-order valence-corrected chi connectivity index (χ2v) is 6.19. The molecule has 1 aromatic rings. The van der Waals surface area contributed by atoms with Crippen molar-refractivity contribution in [2.24, 2.45) is 11.8 Å². The zero-order chi connectivity index (χ0) is 15.5. The zero-order valence-corrected chi connectivity index (χ0v) is 12.4. The molecule has 1 N–H and O–H groups in total. The van der Waals surface area contributed by atoms with Crippen LogP contribution in [-0.4, -0.2) is 12.4 Å². The van der Waals surface area contributed by atoms with E-state index in [0.29, 0.717) is 24.4 Å². The average Bonchev–Trinajstić information content (AvgIpc) is 2.33. The number of benzene rings is 1. The van der Waals surface area contributed by atoms with Gasteiger partial charge in [-0.1, -0.05) is 26.0 Å². The van der Waals surface area contributed by atoms with E-state index in [-0.39, 0.29) is 5.75 Å². The van der Waals surface area contributed by atoms with Crippen molar-refractivity contribution in [2.45, 2.75) is 52.1 Å². The minimum absolute atomic E-state index is 0.160. The van der Waals surface area contributed by atoms with Crippen LogP contribution in [0.25, 0.3) is 0 Å². The highest BCUT2D eigenvalue weighted by Gasteiger charge is 2.31. The summed E-state index contributed by atoms with van der Waals surface area (Å²) in [5.41, 5.74) is 0.808. The van der Waals surface area contributed by atoms with E-state index in [9.17, 15) is 13.2 Å². The van der Waals surface area contributed by atoms with Crippen LogP contribution in [0.15, 0.2) is 24.3 Å². The van der Waals surface area contributed by atoms with Gasteiger partial charge in [0.15, 0.2) is 0 Å². The number of alkyl halides is 3. The smallest absolute Gasteiger partial charge is 0.406 e. The van der Waals surface area contributed by atoms with Crippen molar-refractivity contribution in [3.63, 3.8) is 0 Å². The summed E-state index contributed by atoms with van der Waals surface area (Å²) in [5.74, 6) is 1.24. The van der Waals surface area contributed by atoms with Crippen LogP contribution in [0.4, 0.5) is 13.2 Å². The molecular weight excluding hydrogens is 279 g/mol. The van der Waals surface area contributed by atoms with Gasteiger partial charge in [0, 0.05) is 12.6 Å². The molecule has 118 valence electrons. The first-order valence-electron chi connectivity index (χ1n) is 7.40. The number of rotatable bonds is 4. The molecule has 0 bridgehead atoms. The van der Waals surface area contributed by atoms with E-state index in [1.807, 2.05) is 6.07 Å². The lowest BCUT2D eigenvalue weighted by Crippen LogP contribution is -2.35. The van der Waals surface area contributed by atoms with Crippen molar-refractivity contribution in [1.29, 1.82) is 0 Å². The molecule has 5 heteroatoms. The maximum atomic E-state index is 12.2. The van der Waals surface area contributed by atoms with Gasteiger partial charge >= 0.3 is 6.36 Å². The standard InChI is InChI=1S/C16H22F3NO/c1-11-6-12(2)8-14(7-11)20-10-13-4-3-5-15(9-13)21-16(17,18)19/h3-5,9,11-12,14,20H,6-8,10H2,1-2H3. The highest BCUT2D eigenvalue weighted by molar-refractivity contribution is 5.28. The van der Waals surface area contributed by atoms with Crippen LogP contribution in [0.1, 0.15) is 38.7 Å². The predicted octanol–water partition coefficient (Wildman–Crippen LogP) is 4.50. The molecule has 0 aromatic heterocycles. The lowest BCUT2D eigenvalue weighted by Gasteiger charge is -2.32. The fourth-order valence-corrected chi connectivity index (χ4v) is 3.23. The third kappa shape index (κ3) is 5.58. The predicted molar refractivity (Wildman–Crippen MR) is 75.9 cm³/mol. The summed E-state index contributed by atoms with van der Waals surface area (Å²) in [4.78, 5) is 0. The van der Waals surface area contributed by atoms with E-state index in [2.05, 4.69) is 23.9 Å². The molecular formula is C16H22F3NO. The number of halogens is 3. The van der Waals surface area contributed by atoms with Crippen molar-refractivity contribution in [3.8, 4) is 5.75 Å². The molecule has 0 radical (unpaired) electrons. The largest absolute Gasteiger partial charge is 0.573 e. The number of hydrogen-bond acceptors (Lipinski definition) is 2. The Morgan fingerprint density at radius 1 is 1.14 bits per heavy atom. The minimum Gasteiger partial charge on any atom is -0.406 e. The Kier molecular flexibility index (Phi) is 5.14. The van der Waals surface area contributed by atoms with Crippen molar-refractivity contribution in [2.75, 3.05) is 0 Å². The van der Waals surface area contributed by atoms with Crippen LogP contribution in [0.2, 0.25) is 0 Å². The third-order valence-corrected chi connectivity index (χ3v) is 3.91. The first kappa shape index (κ1) is 16.1. The molecule has 0 aliphatic heterocycles. The Balaban J connectivity index is 1.89. The molecule has 0 amide bonds. The summed E-state index contributed by atoms with van der Waals surface area (Å²) in [6.45, 7) is 5.07. The van der Waals surface area contributed by atoms with E-state index in [0.717, 1.165) is 18.4 Å². The van der Waals surface area contributed by atoms with Crippen LogP contribution in [0.3, 0.4) is 0 Å². The van der Waals surface area contributed by atoms with Gasteiger partial charge in [0.2, 0.25) is 0 Å². The molecule has 0 saturated heterocycles. The van der Waals surface area contributed by atoms with Gasteiger partial charge in [0.05, 0.1) is 0 Å². The van der Waals surface area contributed by atoms with E-state index in [4.69, 9.17) is 0 Å². The second-order valence-electron chi connectivity index (χ2n) is 6.19. The zero-order valence-electron chi connectivity index (χ0n) is 12.4. The summed E-state index contributed by atoms with van der Waals surface area (Å²) in [6, 6.07) is 6.60. The van der Waals surface area contributed by atoms with Crippen LogP contribution in [-0.2, 0) is 6.54 Å². The van der Waals surface area contributed by atoms with Gasteiger partial charge in [-0.25, -0.2) is 0 Å². The molecule has 2 unspecified atom stereocenters. The van der Waals surface area contributed by atoms with Crippen LogP contribution in [0.5, 0.6) is 5.75 Å². The molecule has 2 nitrogen and oxygen atoms in total. The van der Waals surface area contributed by atoms with E-state index in [1.165, 1.54) is 18.6 Å². The van der Waals surface area contributed by atoms with E-state index < -0.39 is 6.36 Å². The van der Waals surface area contributed by atoms with Gasteiger partial charge in [0.25, 0.3) is 0 Å². The van der Waals surface area contributed by atoms with Crippen molar-refractivity contribution < 1.29 is 17.9 Å². The molecule has 2 atom stereocenters. The van der Waals surface area contributed by atoms with Crippen molar-refractivity contribution in [3.05, 3.63) is 29.8 Å². The molecule has 1 aliphatic carbocycles. The highest BCUT2D eigenvalue weighted by atomic mass is 19.4. The van der Waals surface area contributed by atoms with Crippen molar-refractivity contribution in [1.82, 2.24) is 5.32 Å². The normalized spacial score (nSPS) is 26.6. The lowest BCUT2D eigenvalue weighted by atomic mass is 9.80. The molecule has 0 heterocycles. The summed E-state index contributed by atoms with van der Waals surface area (Å²) in [7, 11) is 0. The Morgan fingerprint density at radius 3 is 2.43 bits per heavy atom. The Morgan fingerprint density at radius 2 is 1.81 bits per heavy atom. The second kappa shape index (κ2) is 6.69. The summed E-state index contributed by atoms with van der Waals surface area (Å²) in [6.07, 6.45) is -1.13. The monoisotopic (exact) mass is 301 g/mol. The number of ether oxygens (including phenoxy) is 1. The molecule has 1 saturated carbocycles. The lowest BCUT2D eigenvalue weighted by molar-refractivity contribution is -0.274. The fourth-order valence-electron chi connectivity index (χ4n) is 3.23. The summed E-state index contributed by atoms with van der Waals surface area (Å²) in [5, 5.41) is 3.45. The molecule has 2 rings (SSSR count).